The average Bonchev–Trinajstić information content (AvgIpc) is 2.90. The van der Waals surface area contributed by atoms with E-state index in [1.54, 1.807) is 12.1 Å². The zero-order chi connectivity index (χ0) is 15.0. The molecule has 0 amide bonds. The summed E-state index contributed by atoms with van der Waals surface area (Å²) >= 11 is 0. The average molecular weight is 284 g/mol. The van der Waals surface area contributed by atoms with Gasteiger partial charge in [-0.3, -0.25) is 0 Å². The summed E-state index contributed by atoms with van der Waals surface area (Å²) in [5, 5.41) is 11.3. The normalized spacial score (nSPS) is 13.5. The summed E-state index contributed by atoms with van der Waals surface area (Å²) in [6, 6.07) is 15.8. The minimum Gasteiger partial charge on any atom is -0.458 e. The largest absolute Gasteiger partial charge is 0.458 e. The van der Waals surface area contributed by atoms with Crippen LogP contribution in [0.4, 0.5) is 4.39 Å². The minimum absolute atomic E-state index is 0.313. The Morgan fingerprint density at radius 3 is 2.48 bits per heavy atom. The van der Waals surface area contributed by atoms with Gasteiger partial charge in [0.05, 0.1) is 0 Å². The van der Waals surface area contributed by atoms with Gasteiger partial charge in [0, 0.05) is 10.8 Å². The lowest BCUT2D eigenvalue weighted by Gasteiger charge is -2.29. The van der Waals surface area contributed by atoms with Gasteiger partial charge in [-0.25, -0.2) is 4.39 Å². The molecule has 1 N–H and O–H groups in total. The molecule has 21 heavy (non-hydrogen) atoms. The van der Waals surface area contributed by atoms with Crippen LogP contribution >= 0.6 is 0 Å². The Balaban J connectivity index is 2.01. The van der Waals surface area contributed by atoms with Crippen molar-refractivity contribution in [3.05, 3.63) is 71.7 Å². The van der Waals surface area contributed by atoms with Crippen molar-refractivity contribution < 1.29 is 13.9 Å². The summed E-state index contributed by atoms with van der Waals surface area (Å²) < 4.78 is 18.9. The molecule has 0 aliphatic rings. The van der Waals surface area contributed by atoms with Crippen molar-refractivity contribution in [1.29, 1.82) is 0 Å². The Kier molecular flexibility index (Phi) is 3.30. The van der Waals surface area contributed by atoms with E-state index in [0.717, 1.165) is 5.56 Å². The topological polar surface area (TPSA) is 33.4 Å². The van der Waals surface area contributed by atoms with Gasteiger partial charge in [-0.05, 0) is 29.8 Å². The molecule has 0 aliphatic heterocycles. The lowest BCUT2D eigenvalue weighted by atomic mass is 9.78. The summed E-state index contributed by atoms with van der Waals surface area (Å²) in [6.07, 6.45) is -0.810. The Morgan fingerprint density at radius 1 is 1.05 bits per heavy atom. The molecule has 1 aromatic heterocycles. The van der Waals surface area contributed by atoms with Gasteiger partial charge in [0.2, 0.25) is 0 Å². The molecule has 1 heterocycles. The fourth-order valence-electron chi connectivity index (χ4n) is 2.55. The monoisotopic (exact) mass is 284 g/mol. The summed E-state index contributed by atoms with van der Waals surface area (Å²) in [6.45, 7) is 3.92. The van der Waals surface area contributed by atoms with E-state index in [4.69, 9.17) is 4.42 Å². The molecule has 0 radical (unpaired) electrons. The third kappa shape index (κ3) is 2.45. The van der Waals surface area contributed by atoms with Gasteiger partial charge in [0.1, 0.15) is 23.3 Å². The van der Waals surface area contributed by atoms with Crippen molar-refractivity contribution >= 4 is 11.0 Å². The second-order valence-electron chi connectivity index (χ2n) is 5.82. The van der Waals surface area contributed by atoms with Crippen LogP contribution < -0.4 is 0 Å². The van der Waals surface area contributed by atoms with Crippen molar-refractivity contribution in [2.45, 2.75) is 25.4 Å². The van der Waals surface area contributed by atoms with Crippen LogP contribution in [-0.2, 0) is 5.41 Å². The number of rotatable bonds is 3. The molecule has 0 fully saturated rings. The quantitative estimate of drug-likeness (QED) is 0.763. The Bertz CT molecular complexity index is 759. The number of hydrogen-bond acceptors (Lipinski definition) is 2. The molecule has 0 saturated heterocycles. The van der Waals surface area contributed by atoms with Crippen LogP contribution in [0.15, 0.2) is 59.0 Å². The maximum Gasteiger partial charge on any atom is 0.134 e. The molecule has 1 unspecified atom stereocenters. The number of furan rings is 1. The second-order valence-corrected chi connectivity index (χ2v) is 5.82. The van der Waals surface area contributed by atoms with Crippen LogP contribution in [0.1, 0.15) is 31.3 Å². The van der Waals surface area contributed by atoms with E-state index in [1.807, 2.05) is 44.2 Å². The molecule has 2 nitrogen and oxygen atoms in total. The number of fused-ring (bicyclic) bond motifs is 1. The van der Waals surface area contributed by atoms with Crippen molar-refractivity contribution in [2.24, 2.45) is 0 Å². The lowest BCUT2D eigenvalue weighted by Crippen LogP contribution is -2.26. The van der Waals surface area contributed by atoms with Gasteiger partial charge in [-0.15, -0.1) is 0 Å². The molecule has 3 rings (SSSR count). The van der Waals surface area contributed by atoms with Crippen LogP contribution in [0.5, 0.6) is 0 Å². The number of benzene rings is 2. The van der Waals surface area contributed by atoms with Gasteiger partial charge < -0.3 is 9.52 Å². The van der Waals surface area contributed by atoms with E-state index in [9.17, 15) is 9.50 Å². The highest BCUT2D eigenvalue weighted by atomic mass is 19.1. The molecule has 108 valence electrons. The van der Waals surface area contributed by atoms with E-state index in [0.29, 0.717) is 16.7 Å². The van der Waals surface area contributed by atoms with Gasteiger partial charge in [-0.1, -0.05) is 44.2 Å². The van der Waals surface area contributed by atoms with Gasteiger partial charge in [0.25, 0.3) is 0 Å². The number of aliphatic hydroxyl groups is 1. The maximum absolute atomic E-state index is 13.2. The van der Waals surface area contributed by atoms with Gasteiger partial charge in [-0.2, -0.15) is 0 Å². The first-order chi connectivity index (χ1) is 9.98. The van der Waals surface area contributed by atoms with Crippen LogP contribution in [0.2, 0.25) is 0 Å². The smallest absolute Gasteiger partial charge is 0.134 e. The third-order valence-electron chi connectivity index (χ3n) is 3.97. The second kappa shape index (κ2) is 5.01. The summed E-state index contributed by atoms with van der Waals surface area (Å²) in [4.78, 5) is 0. The summed E-state index contributed by atoms with van der Waals surface area (Å²) in [5.74, 6) is 0.135. The fraction of sp³-hybridized carbons (Fsp3) is 0.222. The first-order valence-corrected chi connectivity index (χ1v) is 6.91. The first kappa shape index (κ1) is 13.8. The molecule has 0 bridgehead atoms. The summed E-state index contributed by atoms with van der Waals surface area (Å²) in [5.41, 5.74) is 1.09. The molecule has 0 aliphatic carbocycles. The van der Waals surface area contributed by atoms with E-state index >= 15 is 0 Å². The van der Waals surface area contributed by atoms with E-state index < -0.39 is 11.5 Å². The number of aliphatic hydroxyl groups excluding tert-OH is 1. The molecule has 2 aromatic carbocycles. The summed E-state index contributed by atoms with van der Waals surface area (Å²) in [7, 11) is 0. The highest BCUT2D eigenvalue weighted by Gasteiger charge is 2.33. The predicted octanol–water partition coefficient (Wildman–Crippen LogP) is 4.58. The Morgan fingerprint density at radius 2 is 1.76 bits per heavy atom. The zero-order valence-electron chi connectivity index (χ0n) is 12.0. The van der Waals surface area contributed by atoms with Crippen LogP contribution in [0.25, 0.3) is 11.0 Å². The lowest BCUT2D eigenvalue weighted by molar-refractivity contribution is 0.0800. The number of hydrogen-bond donors (Lipinski definition) is 1. The molecule has 1 atom stereocenters. The van der Waals surface area contributed by atoms with E-state index in [1.165, 1.54) is 12.1 Å². The van der Waals surface area contributed by atoms with E-state index in [-0.39, 0.29) is 5.82 Å². The Hall–Kier alpha value is -2.13. The van der Waals surface area contributed by atoms with Gasteiger partial charge >= 0.3 is 0 Å². The van der Waals surface area contributed by atoms with Crippen LogP contribution in [0.3, 0.4) is 0 Å². The highest BCUT2D eigenvalue weighted by Crippen LogP contribution is 2.38. The Labute approximate surface area is 122 Å². The fourth-order valence-corrected chi connectivity index (χ4v) is 2.55. The van der Waals surface area contributed by atoms with Crippen molar-refractivity contribution in [3.63, 3.8) is 0 Å². The predicted molar refractivity (Wildman–Crippen MR) is 80.6 cm³/mol. The standard InChI is InChI=1S/C18H17FO2/c1-18(2,13-6-4-3-5-7-13)17(20)16-11-12-10-14(19)8-9-15(12)21-16/h3-11,17,20H,1-2H3. The van der Waals surface area contributed by atoms with Crippen LogP contribution in [0, 0.1) is 5.82 Å². The van der Waals surface area contributed by atoms with Crippen molar-refractivity contribution in [1.82, 2.24) is 0 Å². The molecule has 0 saturated carbocycles. The van der Waals surface area contributed by atoms with E-state index in [2.05, 4.69) is 0 Å². The zero-order valence-corrected chi connectivity index (χ0v) is 12.0. The van der Waals surface area contributed by atoms with Crippen LogP contribution in [-0.4, -0.2) is 5.11 Å². The molecular weight excluding hydrogens is 267 g/mol. The van der Waals surface area contributed by atoms with Gasteiger partial charge in [0.15, 0.2) is 0 Å². The highest BCUT2D eigenvalue weighted by molar-refractivity contribution is 5.78. The minimum atomic E-state index is -0.810. The van der Waals surface area contributed by atoms with Crippen molar-refractivity contribution in [3.8, 4) is 0 Å². The first-order valence-electron chi connectivity index (χ1n) is 6.91. The maximum atomic E-state index is 13.2. The van der Waals surface area contributed by atoms with Crippen molar-refractivity contribution in [2.75, 3.05) is 0 Å². The SMILES string of the molecule is CC(C)(c1ccccc1)C(O)c1cc2cc(F)ccc2o1. The molecule has 0 spiro atoms. The number of halogens is 1. The molecule has 3 heteroatoms. The molecular formula is C18H17FO2. The third-order valence-corrected chi connectivity index (χ3v) is 3.97. The molecule has 3 aromatic rings.